The van der Waals surface area contributed by atoms with Crippen LogP contribution in [0.15, 0.2) is 65.6 Å². The van der Waals surface area contributed by atoms with Crippen LogP contribution in [0.4, 0.5) is 14.9 Å². The first-order chi connectivity index (χ1) is 17.3. The Morgan fingerprint density at radius 3 is 2.61 bits per heavy atom. The van der Waals surface area contributed by atoms with Gasteiger partial charge in [0, 0.05) is 17.2 Å². The van der Waals surface area contributed by atoms with Crippen LogP contribution < -0.4 is 9.47 Å². The number of hydrogen-bond donors (Lipinski definition) is 0. The molecule has 3 aromatic rings. The number of ether oxygens (including phenoxy) is 2. The van der Waals surface area contributed by atoms with Gasteiger partial charge in [0.1, 0.15) is 12.4 Å². The van der Waals surface area contributed by atoms with Crippen molar-refractivity contribution in [2.24, 2.45) is 0 Å². The van der Waals surface area contributed by atoms with Crippen LogP contribution >= 0.6 is 23.4 Å². The summed E-state index contributed by atoms with van der Waals surface area (Å²) in [5.74, 6) is -0.418. The van der Waals surface area contributed by atoms with Crippen molar-refractivity contribution < 1.29 is 28.4 Å². The summed E-state index contributed by atoms with van der Waals surface area (Å²) >= 11 is 6.80. The van der Waals surface area contributed by atoms with Crippen molar-refractivity contribution in [2.75, 3.05) is 7.11 Å². The number of nitro groups is 1. The third-order valence-corrected chi connectivity index (χ3v) is 6.57. The van der Waals surface area contributed by atoms with Crippen molar-refractivity contribution in [3.63, 3.8) is 0 Å². The number of halogens is 2. The molecule has 0 radical (unpaired) electrons. The zero-order valence-electron chi connectivity index (χ0n) is 18.8. The minimum Gasteiger partial charge on any atom is -0.493 e. The second kappa shape index (κ2) is 10.8. The lowest BCUT2D eigenvalue weighted by atomic mass is 10.1. The highest BCUT2D eigenvalue weighted by atomic mass is 35.5. The van der Waals surface area contributed by atoms with Crippen LogP contribution in [-0.2, 0) is 17.9 Å². The number of thioether (sulfide) groups is 1. The summed E-state index contributed by atoms with van der Waals surface area (Å²) in [5.41, 5.74) is 0.787. The molecule has 184 valence electrons. The van der Waals surface area contributed by atoms with Crippen molar-refractivity contribution >= 4 is 46.3 Å². The van der Waals surface area contributed by atoms with Gasteiger partial charge in [-0.1, -0.05) is 41.9 Å². The number of carbonyl (C=O) groups excluding carboxylic acids is 2. The highest BCUT2D eigenvalue weighted by Crippen LogP contribution is 2.36. The maximum Gasteiger partial charge on any atom is 0.293 e. The summed E-state index contributed by atoms with van der Waals surface area (Å²) < 4.78 is 25.2. The number of rotatable bonds is 8. The summed E-state index contributed by atoms with van der Waals surface area (Å²) in [6, 6.07) is 15.1. The van der Waals surface area contributed by atoms with E-state index in [1.54, 1.807) is 30.3 Å². The minimum absolute atomic E-state index is 0.145. The second-order valence-electron chi connectivity index (χ2n) is 7.55. The molecule has 0 N–H and O–H groups in total. The summed E-state index contributed by atoms with van der Waals surface area (Å²) in [5, 5.41) is 11.0. The van der Waals surface area contributed by atoms with Gasteiger partial charge in [0.05, 0.1) is 28.5 Å². The van der Waals surface area contributed by atoms with Crippen molar-refractivity contribution in [3.05, 3.63) is 103 Å². The topological polar surface area (TPSA) is 99.0 Å². The van der Waals surface area contributed by atoms with E-state index in [0.717, 1.165) is 16.7 Å². The Bertz CT molecular complexity index is 1380. The lowest BCUT2D eigenvalue weighted by Crippen LogP contribution is -2.27. The normalized spacial score (nSPS) is 14.4. The molecule has 11 heteroatoms. The Balaban J connectivity index is 1.56. The van der Waals surface area contributed by atoms with Crippen molar-refractivity contribution in [1.29, 1.82) is 0 Å². The highest BCUT2D eigenvalue weighted by Gasteiger charge is 2.36. The van der Waals surface area contributed by atoms with Gasteiger partial charge in [-0.25, -0.2) is 4.39 Å². The first-order valence-electron chi connectivity index (χ1n) is 10.5. The van der Waals surface area contributed by atoms with E-state index in [0.29, 0.717) is 11.3 Å². The van der Waals surface area contributed by atoms with E-state index in [2.05, 4.69) is 0 Å². The lowest BCUT2D eigenvalue weighted by molar-refractivity contribution is -0.385. The Morgan fingerprint density at radius 1 is 1.11 bits per heavy atom. The number of benzene rings is 3. The fourth-order valence-electron chi connectivity index (χ4n) is 3.50. The number of para-hydroxylation sites is 1. The second-order valence-corrected chi connectivity index (χ2v) is 8.95. The van der Waals surface area contributed by atoms with Crippen LogP contribution in [0, 0.1) is 15.9 Å². The van der Waals surface area contributed by atoms with Gasteiger partial charge in [-0.2, -0.15) is 0 Å². The molecule has 1 saturated heterocycles. The van der Waals surface area contributed by atoms with E-state index in [1.807, 2.05) is 0 Å². The summed E-state index contributed by atoms with van der Waals surface area (Å²) in [4.78, 5) is 37.3. The molecule has 2 amide bonds. The Kier molecular flexibility index (Phi) is 7.56. The monoisotopic (exact) mass is 528 g/mol. The molecular weight excluding hydrogens is 511 g/mol. The number of nitrogens with zero attached hydrogens (tertiary/aromatic N) is 2. The number of hydrogen-bond acceptors (Lipinski definition) is 7. The third kappa shape index (κ3) is 5.34. The standard InChI is InChI=1S/C25H18ClFN2O6S/c1-34-21-10-9-15(11-22(21)35-14-17-18(26)6-4-7-19(17)27)12-23-24(30)28(25(31)36-23)13-16-5-2-3-8-20(16)29(32)33/h2-12H,13-14H2,1H3/b23-12-. The van der Waals surface area contributed by atoms with E-state index < -0.39 is 21.9 Å². The highest BCUT2D eigenvalue weighted by molar-refractivity contribution is 8.18. The average Bonchev–Trinajstić information content (AvgIpc) is 3.11. The average molecular weight is 529 g/mol. The minimum atomic E-state index is -0.570. The molecule has 36 heavy (non-hydrogen) atoms. The van der Waals surface area contributed by atoms with E-state index in [4.69, 9.17) is 21.1 Å². The van der Waals surface area contributed by atoms with Gasteiger partial charge in [0.15, 0.2) is 11.5 Å². The van der Waals surface area contributed by atoms with Gasteiger partial charge in [0.2, 0.25) is 0 Å². The molecule has 0 atom stereocenters. The lowest BCUT2D eigenvalue weighted by Gasteiger charge is -2.13. The first kappa shape index (κ1) is 25.2. The quantitative estimate of drug-likeness (QED) is 0.195. The summed E-state index contributed by atoms with van der Waals surface area (Å²) in [7, 11) is 1.45. The Labute approximate surface area is 214 Å². The van der Waals surface area contributed by atoms with Gasteiger partial charge >= 0.3 is 0 Å². The van der Waals surface area contributed by atoms with Gasteiger partial charge in [-0.05, 0) is 47.7 Å². The van der Waals surface area contributed by atoms with E-state index >= 15 is 0 Å². The molecule has 0 aliphatic carbocycles. The maximum absolute atomic E-state index is 14.1. The summed E-state index contributed by atoms with van der Waals surface area (Å²) in [6.45, 7) is -0.378. The van der Waals surface area contributed by atoms with Crippen LogP contribution in [0.5, 0.6) is 11.5 Å². The van der Waals surface area contributed by atoms with Crippen LogP contribution in [0.25, 0.3) is 6.08 Å². The van der Waals surface area contributed by atoms with Crippen molar-refractivity contribution in [1.82, 2.24) is 4.90 Å². The molecule has 1 aliphatic rings. The molecule has 0 spiro atoms. The SMILES string of the molecule is COc1ccc(/C=C2\SC(=O)N(Cc3ccccc3[N+](=O)[O-])C2=O)cc1OCc1c(F)cccc1Cl. The molecule has 1 aliphatic heterocycles. The molecule has 3 aromatic carbocycles. The van der Waals surface area contributed by atoms with E-state index in [1.165, 1.54) is 43.5 Å². The Morgan fingerprint density at radius 2 is 1.89 bits per heavy atom. The van der Waals surface area contributed by atoms with Gasteiger partial charge in [-0.15, -0.1) is 0 Å². The number of methoxy groups -OCH3 is 1. The molecule has 1 heterocycles. The number of nitro benzene ring substituents is 1. The fourth-order valence-corrected chi connectivity index (χ4v) is 4.55. The predicted octanol–water partition coefficient (Wildman–Crippen LogP) is 6.21. The molecule has 8 nitrogen and oxygen atoms in total. The molecule has 0 unspecified atom stereocenters. The maximum atomic E-state index is 14.1. The van der Waals surface area contributed by atoms with Gasteiger partial charge in [0.25, 0.3) is 16.8 Å². The van der Waals surface area contributed by atoms with Crippen LogP contribution in [0.2, 0.25) is 5.02 Å². The largest absolute Gasteiger partial charge is 0.493 e. The Hall–Kier alpha value is -3.89. The summed E-state index contributed by atoms with van der Waals surface area (Å²) in [6.07, 6.45) is 1.51. The number of carbonyl (C=O) groups is 2. The van der Waals surface area contributed by atoms with Crippen LogP contribution in [0.3, 0.4) is 0 Å². The zero-order chi connectivity index (χ0) is 25.8. The van der Waals surface area contributed by atoms with Gasteiger partial charge < -0.3 is 9.47 Å². The molecular formula is C25H18ClFN2O6S. The van der Waals surface area contributed by atoms with E-state index in [-0.39, 0.29) is 45.6 Å². The number of imide groups is 1. The molecule has 1 fully saturated rings. The molecule has 0 saturated carbocycles. The molecule has 4 rings (SSSR count). The van der Waals surface area contributed by atoms with Crippen LogP contribution in [0.1, 0.15) is 16.7 Å². The van der Waals surface area contributed by atoms with Crippen molar-refractivity contribution in [3.8, 4) is 11.5 Å². The van der Waals surface area contributed by atoms with E-state index in [9.17, 15) is 24.1 Å². The molecule has 0 aromatic heterocycles. The van der Waals surface area contributed by atoms with Gasteiger partial charge in [-0.3, -0.25) is 24.6 Å². The number of amides is 2. The van der Waals surface area contributed by atoms with Crippen molar-refractivity contribution in [2.45, 2.75) is 13.2 Å². The zero-order valence-corrected chi connectivity index (χ0v) is 20.3. The third-order valence-electron chi connectivity index (χ3n) is 5.31. The van der Waals surface area contributed by atoms with Crippen LogP contribution in [-0.4, -0.2) is 28.1 Å². The predicted molar refractivity (Wildman–Crippen MR) is 133 cm³/mol. The smallest absolute Gasteiger partial charge is 0.293 e. The fraction of sp³-hybridized carbons (Fsp3) is 0.120. The first-order valence-corrected chi connectivity index (χ1v) is 11.7. The molecule has 0 bridgehead atoms.